The zero-order valence-corrected chi connectivity index (χ0v) is 11.0. The lowest BCUT2D eigenvalue weighted by molar-refractivity contribution is 0.0305. The van der Waals surface area contributed by atoms with Crippen LogP contribution in [-0.4, -0.2) is 35.1 Å². The van der Waals surface area contributed by atoms with Crippen molar-refractivity contribution in [3.05, 3.63) is 29.8 Å². The van der Waals surface area contributed by atoms with Crippen LogP contribution in [0.5, 0.6) is 5.75 Å². The van der Waals surface area contributed by atoms with Gasteiger partial charge in [-0.3, -0.25) is 0 Å². The Balaban J connectivity index is 2.72. The Morgan fingerprint density at radius 2 is 1.72 bits per heavy atom. The highest BCUT2D eigenvalue weighted by Crippen LogP contribution is 2.36. The first-order chi connectivity index (χ1) is 8.51. The first kappa shape index (κ1) is 15.0. The van der Waals surface area contributed by atoms with E-state index in [0.29, 0.717) is 12.2 Å². The molecule has 0 aliphatic rings. The predicted octanol–water partition coefficient (Wildman–Crippen LogP) is 1.50. The second kappa shape index (κ2) is 6.73. The average molecular weight is 254 g/mol. The maximum atomic E-state index is 10.3. The van der Waals surface area contributed by atoms with E-state index in [4.69, 9.17) is 14.9 Å². The first-order valence-electron chi connectivity index (χ1n) is 6.14. The molecule has 1 atom stereocenters. The van der Waals surface area contributed by atoms with Gasteiger partial charge in [0.15, 0.2) is 0 Å². The van der Waals surface area contributed by atoms with Gasteiger partial charge in [0.05, 0.1) is 12.7 Å². The molecular formula is C14H22O4. The fourth-order valence-corrected chi connectivity index (χ4v) is 1.79. The van der Waals surface area contributed by atoms with E-state index in [1.807, 2.05) is 13.8 Å². The molecule has 0 spiro atoms. The highest BCUT2D eigenvalue weighted by molar-refractivity contribution is 5.29. The normalized spacial score (nSPS) is 13.4. The summed E-state index contributed by atoms with van der Waals surface area (Å²) in [7, 11) is 0. The van der Waals surface area contributed by atoms with Crippen LogP contribution in [0.1, 0.15) is 31.9 Å². The highest BCUT2D eigenvalue weighted by Gasteiger charge is 2.28. The Kier molecular flexibility index (Phi) is 5.59. The summed E-state index contributed by atoms with van der Waals surface area (Å²) < 4.78 is 5.25. The molecule has 0 saturated carbocycles. The molecule has 0 fully saturated rings. The predicted molar refractivity (Wildman–Crippen MR) is 69.5 cm³/mol. The van der Waals surface area contributed by atoms with Crippen molar-refractivity contribution < 1.29 is 20.1 Å². The molecule has 3 N–H and O–H groups in total. The molecule has 0 heterocycles. The standard InChI is InChI=1S/C14H22O4/c1-14(2,7-8-15)13(17)11-3-5-12(6-4-11)18-10-9-16/h3-6,13,15-17H,7-10H2,1-2H3/t13-/m1/s1. The van der Waals surface area contributed by atoms with Crippen LogP contribution in [0.25, 0.3) is 0 Å². The molecule has 0 bridgehead atoms. The molecule has 4 nitrogen and oxygen atoms in total. The number of ether oxygens (including phenoxy) is 1. The van der Waals surface area contributed by atoms with Gasteiger partial charge >= 0.3 is 0 Å². The fourth-order valence-electron chi connectivity index (χ4n) is 1.79. The topological polar surface area (TPSA) is 69.9 Å². The summed E-state index contributed by atoms with van der Waals surface area (Å²) in [6, 6.07) is 7.14. The third kappa shape index (κ3) is 3.98. The lowest BCUT2D eigenvalue weighted by Crippen LogP contribution is -2.23. The average Bonchev–Trinajstić information content (AvgIpc) is 2.36. The number of hydrogen-bond donors (Lipinski definition) is 3. The van der Waals surface area contributed by atoms with Crippen LogP contribution in [0.15, 0.2) is 24.3 Å². The minimum absolute atomic E-state index is 0.0199. The van der Waals surface area contributed by atoms with E-state index in [1.165, 1.54) is 0 Å². The molecule has 1 aromatic rings. The second-order valence-corrected chi connectivity index (χ2v) is 5.01. The van der Waals surface area contributed by atoms with Crippen LogP contribution in [0.2, 0.25) is 0 Å². The monoisotopic (exact) mass is 254 g/mol. The van der Waals surface area contributed by atoms with Gasteiger partial charge in [-0.15, -0.1) is 0 Å². The Bertz CT molecular complexity index is 345. The first-order valence-corrected chi connectivity index (χ1v) is 6.14. The van der Waals surface area contributed by atoms with E-state index < -0.39 is 6.10 Å². The number of aliphatic hydroxyl groups excluding tert-OH is 3. The van der Waals surface area contributed by atoms with Gasteiger partial charge in [-0.2, -0.15) is 0 Å². The summed E-state index contributed by atoms with van der Waals surface area (Å²) in [5, 5.41) is 27.9. The van der Waals surface area contributed by atoms with Crippen LogP contribution in [0.3, 0.4) is 0 Å². The van der Waals surface area contributed by atoms with Gasteiger partial charge in [0.25, 0.3) is 0 Å². The van der Waals surface area contributed by atoms with Gasteiger partial charge in [0.2, 0.25) is 0 Å². The van der Waals surface area contributed by atoms with Gasteiger partial charge in [-0.05, 0) is 29.5 Å². The van der Waals surface area contributed by atoms with E-state index in [1.54, 1.807) is 24.3 Å². The molecule has 1 rings (SSSR count). The summed E-state index contributed by atoms with van der Waals surface area (Å²) in [6.07, 6.45) is -0.0896. The maximum Gasteiger partial charge on any atom is 0.119 e. The Hall–Kier alpha value is -1.10. The van der Waals surface area contributed by atoms with Crippen molar-refractivity contribution in [1.29, 1.82) is 0 Å². The summed E-state index contributed by atoms with van der Waals surface area (Å²) in [5.41, 5.74) is 0.423. The smallest absolute Gasteiger partial charge is 0.119 e. The van der Waals surface area contributed by atoms with Gasteiger partial charge in [-0.25, -0.2) is 0 Å². The Morgan fingerprint density at radius 3 is 2.22 bits per heavy atom. The number of aliphatic hydroxyl groups is 3. The van der Waals surface area contributed by atoms with E-state index in [2.05, 4.69) is 0 Å². The number of rotatable bonds is 7. The molecule has 0 saturated heterocycles. The molecule has 18 heavy (non-hydrogen) atoms. The Morgan fingerprint density at radius 1 is 1.11 bits per heavy atom. The van der Waals surface area contributed by atoms with Crippen molar-refractivity contribution >= 4 is 0 Å². The second-order valence-electron chi connectivity index (χ2n) is 5.01. The molecule has 1 aromatic carbocycles. The van der Waals surface area contributed by atoms with E-state index in [0.717, 1.165) is 5.56 Å². The molecule has 0 aliphatic carbocycles. The van der Waals surface area contributed by atoms with E-state index in [-0.39, 0.29) is 25.2 Å². The molecule has 0 radical (unpaired) electrons. The maximum absolute atomic E-state index is 10.3. The molecule has 0 unspecified atom stereocenters. The third-order valence-corrected chi connectivity index (χ3v) is 3.05. The highest BCUT2D eigenvalue weighted by atomic mass is 16.5. The summed E-state index contributed by atoms with van der Waals surface area (Å²) in [5.74, 6) is 0.667. The Labute approximate surface area is 108 Å². The molecule has 102 valence electrons. The number of benzene rings is 1. The number of hydrogen-bond acceptors (Lipinski definition) is 4. The zero-order chi connectivity index (χ0) is 13.6. The summed E-state index contributed by atoms with van der Waals surface area (Å²) in [4.78, 5) is 0. The minimum atomic E-state index is -0.628. The lowest BCUT2D eigenvalue weighted by Gasteiger charge is -2.30. The van der Waals surface area contributed by atoms with Crippen LogP contribution < -0.4 is 4.74 Å². The van der Waals surface area contributed by atoms with Gasteiger partial charge in [0, 0.05) is 6.61 Å². The van der Waals surface area contributed by atoms with Crippen LogP contribution in [0.4, 0.5) is 0 Å². The van der Waals surface area contributed by atoms with Crippen molar-refractivity contribution in [3.63, 3.8) is 0 Å². The largest absolute Gasteiger partial charge is 0.491 e. The quantitative estimate of drug-likeness (QED) is 0.689. The molecule has 4 heteroatoms. The SMILES string of the molecule is CC(C)(CCO)[C@H](O)c1ccc(OCCO)cc1. The zero-order valence-electron chi connectivity index (χ0n) is 11.0. The van der Waals surface area contributed by atoms with Gasteiger partial charge < -0.3 is 20.1 Å². The molecular weight excluding hydrogens is 232 g/mol. The minimum Gasteiger partial charge on any atom is -0.491 e. The fraction of sp³-hybridized carbons (Fsp3) is 0.571. The lowest BCUT2D eigenvalue weighted by atomic mass is 9.80. The molecule has 0 amide bonds. The van der Waals surface area contributed by atoms with Crippen LogP contribution >= 0.6 is 0 Å². The van der Waals surface area contributed by atoms with Crippen molar-refractivity contribution in [3.8, 4) is 5.75 Å². The van der Waals surface area contributed by atoms with E-state index >= 15 is 0 Å². The van der Waals surface area contributed by atoms with Crippen LogP contribution in [-0.2, 0) is 0 Å². The van der Waals surface area contributed by atoms with Gasteiger partial charge in [0.1, 0.15) is 12.4 Å². The summed E-state index contributed by atoms with van der Waals surface area (Å²) in [6.45, 7) is 4.14. The van der Waals surface area contributed by atoms with Crippen LogP contribution in [0, 0.1) is 5.41 Å². The van der Waals surface area contributed by atoms with Crippen molar-refractivity contribution in [2.45, 2.75) is 26.4 Å². The molecule has 0 aliphatic heterocycles. The molecule has 0 aromatic heterocycles. The van der Waals surface area contributed by atoms with Crippen molar-refractivity contribution in [2.75, 3.05) is 19.8 Å². The van der Waals surface area contributed by atoms with E-state index in [9.17, 15) is 5.11 Å². The van der Waals surface area contributed by atoms with Gasteiger partial charge in [-0.1, -0.05) is 26.0 Å². The van der Waals surface area contributed by atoms with Crippen molar-refractivity contribution in [1.82, 2.24) is 0 Å². The third-order valence-electron chi connectivity index (χ3n) is 3.05. The summed E-state index contributed by atoms with van der Waals surface area (Å²) >= 11 is 0. The van der Waals surface area contributed by atoms with Crippen molar-refractivity contribution in [2.24, 2.45) is 5.41 Å².